The van der Waals surface area contributed by atoms with E-state index in [-0.39, 0.29) is 6.04 Å². The first-order valence-corrected chi connectivity index (χ1v) is 6.06. The summed E-state index contributed by atoms with van der Waals surface area (Å²) in [5.74, 6) is 0. The van der Waals surface area contributed by atoms with E-state index in [1.54, 1.807) is 6.92 Å². The van der Waals surface area contributed by atoms with Gasteiger partial charge in [0.2, 0.25) is 0 Å². The van der Waals surface area contributed by atoms with Crippen molar-refractivity contribution in [2.45, 2.75) is 19.1 Å². The van der Waals surface area contributed by atoms with Crippen LogP contribution in [0.4, 0.5) is 0 Å². The molecule has 0 radical (unpaired) electrons. The van der Waals surface area contributed by atoms with Gasteiger partial charge in [-0.2, -0.15) is 0 Å². The lowest BCUT2D eigenvalue weighted by Gasteiger charge is -2.16. The van der Waals surface area contributed by atoms with E-state index in [2.05, 4.69) is 45.2 Å². The summed E-state index contributed by atoms with van der Waals surface area (Å²) in [6.45, 7) is 1.71. The standard InChI is InChI=1S/C9H11I2NO/c1-5(13)9(12)7-4-6(10)2-3-8(7)11/h2-5,9,13H,12H2,1H3/t5-,9-/m0/s1. The highest BCUT2D eigenvalue weighted by atomic mass is 127. The van der Waals surface area contributed by atoms with Crippen LogP contribution in [0.2, 0.25) is 0 Å². The Hall–Kier alpha value is 0.600. The number of rotatable bonds is 2. The Kier molecular flexibility index (Phi) is 4.40. The van der Waals surface area contributed by atoms with Crippen LogP contribution in [0.5, 0.6) is 0 Å². The van der Waals surface area contributed by atoms with Crippen LogP contribution in [0.1, 0.15) is 18.5 Å². The molecule has 0 spiro atoms. The average Bonchev–Trinajstić information content (AvgIpc) is 2.08. The molecule has 0 aliphatic rings. The van der Waals surface area contributed by atoms with Crippen molar-refractivity contribution in [2.24, 2.45) is 5.73 Å². The van der Waals surface area contributed by atoms with Crippen molar-refractivity contribution >= 4 is 45.2 Å². The largest absolute Gasteiger partial charge is 0.391 e. The van der Waals surface area contributed by atoms with E-state index in [9.17, 15) is 5.11 Å². The lowest BCUT2D eigenvalue weighted by molar-refractivity contribution is 0.164. The normalized spacial score (nSPS) is 15.5. The summed E-state index contributed by atoms with van der Waals surface area (Å²) in [7, 11) is 0. The molecule has 3 N–H and O–H groups in total. The number of nitrogens with two attached hydrogens (primary N) is 1. The molecule has 2 atom stereocenters. The Balaban J connectivity index is 3.05. The minimum Gasteiger partial charge on any atom is -0.391 e. The second kappa shape index (κ2) is 4.90. The number of aliphatic hydroxyl groups excluding tert-OH is 1. The van der Waals surface area contributed by atoms with Crippen LogP contribution in [-0.2, 0) is 0 Å². The van der Waals surface area contributed by atoms with E-state index in [0.29, 0.717) is 0 Å². The lowest BCUT2D eigenvalue weighted by atomic mass is 10.0. The third kappa shape index (κ3) is 3.03. The van der Waals surface area contributed by atoms with Crippen molar-refractivity contribution in [3.05, 3.63) is 30.9 Å². The molecular formula is C9H11I2NO. The maximum absolute atomic E-state index is 9.36. The summed E-state index contributed by atoms with van der Waals surface area (Å²) >= 11 is 4.47. The van der Waals surface area contributed by atoms with Crippen LogP contribution >= 0.6 is 45.2 Å². The Bertz CT molecular complexity index is 302. The van der Waals surface area contributed by atoms with Gasteiger partial charge in [-0.1, -0.05) is 0 Å². The summed E-state index contributed by atoms with van der Waals surface area (Å²) in [4.78, 5) is 0. The summed E-state index contributed by atoms with van der Waals surface area (Å²) in [5.41, 5.74) is 6.87. The Labute approximate surface area is 105 Å². The van der Waals surface area contributed by atoms with Gasteiger partial charge in [0.1, 0.15) is 0 Å². The topological polar surface area (TPSA) is 46.2 Å². The average molecular weight is 403 g/mol. The molecule has 0 fully saturated rings. The third-order valence-electron chi connectivity index (χ3n) is 1.84. The zero-order valence-corrected chi connectivity index (χ0v) is 11.5. The fraction of sp³-hybridized carbons (Fsp3) is 0.333. The number of halogens is 2. The van der Waals surface area contributed by atoms with Crippen LogP contribution in [0, 0.1) is 7.14 Å². The summed E-state index contributed by atoms with van der Waals surface area (Å²) < 4.78 is 2.25. The van der Waals surface area contributed by atoms with Gasteiger partial charge in [-0.05, 0) is 75.9 Å². The van der Waals surface area contributed by atoms with Crippen LogP contribution in [-0.4, -0.2) is 11.2 Å². The van der Waals surface area contributed by atoms with Crippen LogP contribution in [0.25, 0.3) is 0 Å². The molecule has 0 bridgehead atoms. The summed E-state index contributed by atoms with van der Waals surface area (Å²) in [6, 6.07) is 5.77. The molecule has 72 valence electrons. The number of hydrogen-bond acceptors (Lipinski definition) is 2. The van der Waals surface area contributed by atoms with Gasteiger partial charge in [0.05, 0.1) is 12.1 Å². The van der Waals surface area contributed by atoms with Gasteiger partial charge in [-0.3, -0.25) is 0 Å². The first-order valence-electron chi connectivity index (χ1n) is 3.91. The van der Waals surface area contributed by atoms with Crippen LogP contribution in [0.3, 0.4) is 0 Å². The Morgan fingerprint density at radius 3 is 2.54 bits per heavy atom. The molecule has 4 heteroatoms. The molecular weight excluding hydrogens is 392 g/mol. The molecule has 1 aromatic rings. The molecule has 1 rings (SSSR count). The monoisotopic (exact) mass is 403 g/mol. The summed E-state index contributed by atoms with van der Waals surface area (Å²) in [6.07, 6.45) is -0.508. The molecule has 0 aromatic heterocycles. The van der Waals surface area contributed by atoms with E-state index in [1.165, 1.54) is 0 Å². The van der Waals surface area contributed by atoms with Gasteiger partial charge >= 0.3 is 0 Å². The van der Waals surface area contributed by atoms with Crippen molar-refractivity contribution in [3.8, 4) is 0 Å². The fourth-order valence-corrected chi connectivity index (χ4v) is 2.24. The molecule has 13 heavy (non-hydrogen) atoms. The van der Waals surface area contributed by atoms with Crippen LogP contribution < -0.4 is 5.73 Å². The first kappa shape index (κ1) is 11.7. The third-order valence-corrected chi connectivity index (χ3v) is 3.49. The Morgan fingerprint density at radius 1 is 1.38 bits per heavy atom. The second-order valence-corrected chi connectivity index (χ2v) is 5.34. The molecule has 0 amide bonds. The second-order valence-electron chi connectivity index (χ2n) is 2.93. The van der Waals surface area contributed by atoms with E-state index in [0.717, 1.165) is 12.7 Å². The predicted molar refractivity (Wildman–Crippen MR) is 70.5 cm³/mol. The van der Waals surface area contributed by atoms with Crippen molar-refractivity contribution in [1.29, 1.82) is 0 Å². The Morgan fingerprint density at radius 2 is 2.00 bits per heavy atom. The van der Waals surface area contributed by atoms with Gasteiger partial charge < -0.3 is 10.8 Å². The van der Waals surface area contributed by atoms with E-state index in [4.69, 9.17) is 5.73 Å². The molecule has 0 aliphatic heterocycles. The SMILES string of the molecule is C[C@H](O)[C@H](N)c1cc(I)ccc1I. The van der Waals surface area contributed by atoms with Crippen molar-refractivity contribution in [1.82, 2.24) is 0 Å². The quantitative estimate of drug-likeness (QED) is 0.745. The maximum Gasteiger partial charge on any atom is 0.0705 e. The molecule has 0 heterocycles. The molecule has 2 nitrogen and oxygen atoms in total. The highest BCUT2D eigenvalue weighted by molar-refractivity contribution is 14.1. The highest BCUT2D eigenvalue weighted by Gasteiger charge is 2.14. The van der Waals surface area contributed by atoms with Gasteiger partial charge in [-0.15, -0.1) is 0 Å². The summed E-state index contributed by atoms with van der Waals surface area (Å²) in [5, 5.41) is 9.36. The van der Waals surface area contributed by atoms with Crippen LogP contribution in [0.15, 0.2) is 18.2 Å². The zero-order valence-electron chi connectivity index (χ0n) is 7.17. The van der Waals surface area contributed by atoms with Crippen molar-refractivity contribution in [2.75, 3.05) is 0 Å². The van der Waals surface area contributed by atoms with Crippen molar-refractivity contribution < 1.29 is 5.11 Å². The first-order chi connectivity index (χ1) is 6.02. The van der Waals surface area contributed by atoms with Gasteiger partial charge in [0, 0.05) is 7.14 Å². The van der Waals surface area contributed by atoms with E-state index in [1.807, 2.05) is 18.2 Å². The van der Waals surface area contributed by atoms with Gasteiger partial charge in [0.25, 0.3) is 0 Å². The van der Waals surface area contributed by atoms with E-state index < -0.39 is 6.10 Å². The molecule has 0 saturated heterocycles. The molecule has 1 aromatic carbocycles. The van der Waals surface area contributed by atoms with Gasteiger partial charge in [-0.25, -0.2) is 0 Å². The number of hydrogen-bond donors (Lipinski definition) is 2. The molecule has 0 saturated carbocycles. The highest BCUT2D eigenvalue weighted by Crippen LogP contribution is 2.22. The fourth-order valence-electron chi connectivity index (χ4n) is 1.03. The smallest absolute Gasteiger partial charge is 0.0705 e. The maximum atomic E-state index is 9.36. The molecule has 0 aliphatic carbocycles. The molecule has 0 unspecified atom stereocenters. The van der Waals surface area contributed by atoms with Crippen molar-refractivity contribution in [3.63, 3.8) is 0 Å². The van der Waals surface area contributed by atoms with E-state index >= 15 is 0 Å². The predicted octanol–water partition coefficient (Wildman–Crippen LogP) is 2.28. The number of aliphatic hydroxyl groups is 1. The minimum absolute atomic E-state index is 0.290. The minimum atomic E-state index is -0.508. The number of benzene rings is 1. The van der Waals surface area contributed by atoms with Gasteiger partial charge in [0.15, 0.2) is 0 Å². The zero-order chi connectivity index (χ0) is 10.0. The lowest BCUT2D eigenvalue weighted by Crippen LogP contribution is -2.24.